The van der Waals surface area contributed by atoms with Gasteiger partial charge in [-0.05, 0) is 18.2 Å². The number of nitrogens with zero attached hydrogens (tertiary/aromatic N) is 3. The molecule has 1 saturated heterocycles. The zero-order valence-corrected chi connectivity index (χ0v) is 16.3. The van der Waals surface area contributed by atoms with E-state index in [4.69, 9.17) is 17.3 Å². The molecule has 0 radical (unpaired) electrons. The Hall–Kier alpha value is -0.990. The van der Waals surface area contributed by atoms with Gasteiger partial charge < -0.3 is 16.0 Å². The van der Waals surface area contributed by atoms with Crippen LogP contribution in [0.25, 0.3) is 0 Å². The number of halogens is 2. The van der Waals surface area contributed by atoms with Crippen LogP contribution in [-0.4, -0.2) is 56.7 Å². The van der Waals surface area contributed by atoms with E-state index >= 15 is 0 Å². The summed E-state index contributed by atoms with van der Waals surface area (Å²) >= 11 is 6.05. The van der Waals surface area contributed by atoms with Gasteiger partial charge in [0.1, 0.15) is 0 Å². The first-order valence-corrected chi connectivity index (χ1v) is 7.94. The third-order valence-electron chi connectivity index (χ3n) is 3.67. The molecule has 23 heavy (non-hydrogen) atoms. The lowest BCUT2D eigenvalue weighted by atomic mass is 10.2. The summed E-state index contributed by atoms with van der Waals surface area (Å²) in [5.74, 6) is 0.484. The molecule has 0 unspecified atom stereocenters. The van der Waals surface area contributed by atoms with Crippen molar-refractivity contribution >= 4 is 47.2 Å². The van der Waals surface area contributed by atoms with Crippen LogP contribution in [0.4, 0.5) is 5.69 Å². The normalized spacial score (nSPS) is 15.9. The second kappa shape index (κ2) is 10.7. The Kier molecular flexibility index (Phi) is 9.35. The minimum atomic E-state index is 0. The van der Waals surface area contributed by atoms with Crippen molar-refractivity contribution in [1.82, 2.24) is 10.2 Å². The highest BCUT2D eigenvalue weighted by molar-refractivity contribution is 14.0. The molecular formula is C16H25ClIN5. The first kappa shape index (κ1) is 20.1. The summed E-state index contributed by atoms with van der Waals surface area (Å²) in [4.78, 5) is 9.08. The van der Waals surface area contributed by atoms with Gasteiger partial charge in [-0.2, -0.15) is 0 Å². The highest BCUT2D eigenvalue weighted by Crippen LogP contribution is 2.20. The van der Waals surface area contributed by atoms with Crippen molar-refractivity contribution in [3.05, 3.63) is 41.9 Å². The van der Waals surface area contributed by atoms with E-state index < -0.39 is 0 Å². The molecule has 0 spiro atoms. The molecular weight excluding hydrogens is 425 g/mol. The number of hydrogen-bond acceptors (Lipinski definition) is 3. The van der Waals surface area contributed by atoms with Crippen LogP contribution < -0.4 is 16.0 Å². The predicted octanol–water partition coefficient (Wildman–Crippen LogP) is 2.17. The largest absolute Gasteiger partial charge is 0.370 e. The molecule has 1 aromatic rings. The zero-order valence-electron chi connectivity index (χ0n) is 13.2. The SMILES string of the molecule is C=CCNC(N)=NCCN1CCN(c2cccc(Cl)c2)CC1.I. The highest BCUT2D eigenvalue weighted by atomic mass is 127. The molecule has 2 rings (SSSR count). The Labute approximate surface area is 160 Å². The molecule has 0 saturated carbocycles. The van der Waals surface area contributed by atoms with Crippen molar-refractivity contribution in [2.75, 3.05) is 50.7 Å². The van der Waals surface area contributed by atoms with Crippen molar-refractivity contribution in [3.63, 3.8) is 0 Å². The minimum Gasteiger partial charge on any atom is -0.370 e. The number of piperazine rings is 1. The fourth-order valence-corrected chi connectivity index (χ4v) is 2.63. The third-order valence-corrected chi connectivity index (χ3v) is 3.91. The number of aliphatic imine (C=N–C) groups is 1. The van der Waals surface area contributed by atoms with Gasteiger partial charge in [-0.1, -0.05) is 23.7 Å². The van der Waals surface area contributed by atoms with Gasteiger partial charge in [0.15, 0.2) is 5.96 Å². The van der Waals surface area contributed by atoms with Gasteiger partial charge in [0.05, 0.1) is 6.54 Å². The molecule has 0 amide bonds. The molecule has 5 nitrogen and oxygen atoms in total. The van der Waals surface area contributed by atoms with E-state index in [-0.39, 0.29) is 24.0 Å². The van der Waals surface area contributed by atoms with Gasteiger partial charge in [-0.25, -0.2) is 0 Å². The standard InChI is InChI=1S/C16H24ClN5.HI/c1-2-6-19-16(18)20-7-8-21-9-11-22(12-10-21)15-5-3-4-14(17)13-15;/h2-5,13H,1,6-12H2,(H3,18,19,20);1H. The summed E-state index contributed by atoms with van der Waals surface area (Å²) in [5, 5.41) is 3.76. The van der Waals surface area contributed by atoms with E-state index in [1.165, 1.54) is 5.69 Å². The molecule has 3 N–H and O–H groups in total. The topological polar surface area (TPSA) is 56.9 Å². The third kappa shape index (κ3) is 6.97. The Balaban J connectivity index is 0.00000264. The van der Waals surface area contributed by atoms with Crippen LogP contribution >= 0.6 is 35.6 Å². The summed E-state index contributed by atoms with van der Waals surface area (Å²) in [6.07, 6.45) is 1.76. The number of anilines is 1. The van der Waals surface area contributed by atoms with Crippen LogP contribution in [0, 0.1) is 0 Å². The van der Waals surface area contributed by atoms with Crippen LogP contribution in [0.5, 0.6) is 0 Å². The predicted molar refractivity (Wildman–Crippen MR) is 110 cm³/mol. The van der Waals surface area contributed by atoms with Crippen LogP contribution in [0.2, 0.25) is 5.02 Å². The molecule has 128 valence electrons. The van der Waals surface area contributed by atoms with E-state index in [1.807, 2.05) is 18.2 Å². The van der Waals surface area contributed by atoms with Crippen LogP contribution in [0.1, 0.15) is 0 Å². The van der Waals surface area contributed by atoms with E-state index in [2.05, 4.69) is 32.8 Å². The summed E-state index contributed by atoms with van der Waals surface area (Å²) < 4.78 is 0. The molecule has 1 fully saturated rings. The molecule has 7 heteroatoms. The van der Waals surface area contributed by atoms with Crippen LogP contribution in [-0.2, 0) is 0 Å². The number of nitrogens with two attached hydrogens (primary N) is 1. The van der Waals surface area contributed by atoms with Crippen LogP contribution in [0.15, 0.2) is 41.9 Å². The second-order valence-corrected chi connectivity index (χ2v) is 5.68. The molecule has 1 aliphatic heterocycles. The molecule has 0 aliphatic carbocycles. The second-order valence-electron chi connectivity index (χ2n) is 5.25. The van der Waals surface area contributed by atoms with Gasteiger partial charge in [0.25, 0.3) is 0 Å². The maximum atomic E-state index is 6.05. The van der Waals surface area contributed by atoms with Gasteiger partial charge >= 0.3 is 0 Å². The van der Waals surface area contributed by atoms with E-state index in [1.54, 1.807) is 6.08 Å². The lowest BCUT2D eigenvalue weighted by molar-refractivity contribution is 0.265. The molecule has 1 aromatic carbocycles. The molecule has 1 aliphatic rings. The van der Waals surface area contributed by atoms with Crippen molar-refractivity contribution in [3.8, 4) is 0 Å². The zero-order chi connectivity index (χ0) is 15.8. The van der Waals surface area contributed by atoms with Crippen LogP contribution in [0.3, 0.4) is 0 Å². The Morgan fingerprint density at radius 1 is 1.35 bits per heavy atom. The fraction of sp³-hybridized carbons (Fsp3) is 0.438. The first-order valence-electron chi connectivity index (χ1n) is 7.56. The summed E-state index contributed by atoms with van der Waals surface area (Å²) in [7, 11) is 0. The Bertz CT molecular complexity index is 515. The smallest absolute Gasteiger partial charge is 0.188 e. The minimum absolute atomic E-state index is 0. The lowest BCUT2D eigenvalue weighted by Crippen LogP contribution is -2.47. The van der Waals surface area contributed by atoms with E-state index in [0.717, 1.165) is 37.7 Å². The van der Waals surface area contributed by atoms with Crippen molar-refractivity contribution in [1.29, 1.82) is 0 Å². The monoisotopic (exact) mass is 449 g/mol. The maximum absolute atomic E-state index is 6.05. The lowest BCUT2D eigenvalue weighted by Gasteiger charge is -2.35. The van der Waals surface area contributed by atoms with Gasteiger partial charge in [-0.15, -0.1) is 30.6 Å². The fourth-order valence-electron chi connectivity index (χ4n) is 2.45. The first-order chi connectivity index (χ1) is 10.7. The summed E-state index contributed by atoms with van der Waals surface area (Å²) in [6.45, 7) is 10.00. The molecule has 0 aromatic heterocycles. The number of guanidine groups is 1. The van der Waals surface area contributed by atoms with Crippen molar-refractivity contribution in [2.24, 2.45) is 10.7 Å². The Morgan fingerprint density at radius 3 is 2.74 bits per heavy atom. The molecule has 0 bridgehead atoms. The average molecular weight is 450 g/mol. The highest BCUT2D eigenvalue weighted by Gasteiger charge is 2.16. The summed E-state index contributed by atoms with van der Waals surface area (Å²) in [6, 6.07) is 8.03. The van der Waals surface area contributed by atoms with Gasteiger partial charge in [0, 0.05) is 50.0 Å². The van der Waals surface area contributed by atoms with Gasteiger partial charge in [-0.3, -0.25) is 9.89 Å². The number of nitrogens with one attached hydrogen (secondary N) is 1. The summed E-state index contributed by atoms with van der Waals surface area (Å²) in [5.41, 5.74) is 6.94. The molecule has 0 atom stereocenters. The van der Waals surface area contributed by atoms with E-state index in [0.29, 0.717) is 19.0 Å². The Morgan fingerprint density at radius 2 is 2.09 bits per heavy atom. The van der Waals surface area contributed by atoms with Crippen molar-refractivity contribution < 1.29 is 0 Å². The number of benzene rings is 1. The van der Waals surface area contributed by atoms with Crippen molar-refractivity contribution in [2.45, 2.75) is 0 Å². The maximum Gasteiger partial charge on any atom is 0.188 e. The number of rotatable bonds is 6. The molecule has 1 heterocycles. The van der Waals surface area contributed by atoms with E-state index in [9.17, 15) is 0 Å². The van der Waals surface area contributed by atoms with Gasteiger partial charge in [0.2, 0.25) is 0 Å². The quantitative estimate of drug-likeness (QED) is 0.302. The average Bonchev–Trinajstić information content (AvgIpc) is 2.53. The number of hydrogen-bond donors (Lipinski definition) is 2.